The van der Waals surface area contributed by atoms with Crippen molar-refractivity contribution in [1.29, 1.82) is 0 Å². The number of ether oxygens (including phenoxy) is 1. The van der Waals surface area contributed by atoms with Gasteiger partial charge in [-0.1, -0.05) is 22.0 Å². The average molecular weight is 327 g/mol. The minimum Gasteiger partial charge on any atom is -0.448 e. The van der Waals surface area contributed by atoms with Crippen molar-refractivity contribution in [2.24, 2.45) is 0 Å². The van der Waals surface area contributed by atoms with E-state index >= 15 is 0 Å². The Morgan fingerprint density at radius 3 is 2.95 bits per heavy atom. The highest BCUT2D eigenvalue weighted by Gasteiger charge is 2.22. The number of nitrogens with zero attached hydrogens (tertiary/aromatic N) is 1. The summed E-state index contributed by atoms with van der Waals surface area (Å²) in [5, 5.41) is 2.80. The maximum absolute atomic E-state index is 11.8. The molecule has 102 valence electrons. The van der Waals surface area contributed by atoms with Crippen LogP contribution in [0.25, 0.3) is 0 Å². The second-order valence-corrected chi connectivity index (χ2v) is 5.22. The normalized spacial score (nSPS) is 14.4. The van der Waals surface area contributed by atoms with E-state index in [4.69, 9.17) is 4.74 Å². The summed E-state index contributed by atoms with van der Waals surface area (Å²) in [5.41, 5.74) is 1.85. The lowest BCUT2D eigenvalue weighted by Crippen LogP contribution is -2.28. The number of anilines is 1. The first kappa shape index (κ1) is 13.9. The highest BCUT2D eigenvalue weighted by molar-refractivity contribution is 9.10. The summed E-state index contributed by atoms with van der Waals surface area (Å²) in [5.74, 6) is -0.115. The third kappa shape index (κ3) is 3.70. The quantitative estimate of drug-likeness (QED) is 0.924. The Kier molecular flexibility index (Phi) is 4.42. The highest BCUT2D eigenvalue weighted by atomic mass is 79.9. The fraction of sp³-hybridized carbons (Fsp3) is 0.385. The van der Waals surface area contributed by atoms with Crippen molar-refractivity contribution in [2.45, 2.75) is 13.3 Å². The molecule has 1 aromatic rings. The van der Waals surface area contributed by atoms with Crippen LogP contribution in [0, 0.1) is 6.92 Å². The molecule has 0 aromatic heterocycles. The molecule has 1 aromatic carbocycles. The van der Waals surface area contributed by atoms with E-state index in [0.29, 0.717) is 19.7 Å². The lowest BCUT2D eigenvalue weighted by molar-refractivity contribution is -0.116. The molecule has 0 radical (unpaired) electrons. The first-order chi connectivity index (χ1) is 9.06. The van der Waals surface area contributed by atoms with Crippen molar-refractivity contribution in [3.63, 3.8) is 0 Å². The van der Waals surface area contributed by atoms with Gasteiger partial charge in [-0.25, -0.2) is 4.79 Å². The minimum atomic E-state index is -0.342. The predicted octanol–water partition coefficient (Wildman–Crippen LogP) is 2.54. The van der Waals surface area contributed by atoms with Crippen molar-refractivity contribution in [3.8, 4) is 0 Å². The van der Waals surface area contributed by atoms with Gasteiger partial charge < -0.3 is 15.0 Å². The van der Waals surface area contributed by atoms with Gasteiger partial charge in [-0.3, -0.25) is 4.79 Å². The van der Waals surface area contributed by atoms with Crippen LogP contribution in [0.3, 0.4) is 0 Å². The molecular weight excluding hydrogens is 312 g/mol. The Morgan fingerprint density at radius 1 is 1.53 bits per heavy atom. The summed E-state index contributed by atoms with van der Waals surface area (Å²) in [6.45, 7) is 3.33. The van der Waals surface area contributed by atoms with E-state index in [-0.39, 0.29) is 18.4 Å². The van der Waals surface area contributed by atoms with Gasteiger partial charge in [0, 0.05) is 23.1 Å². The Labute approximate surface area is 120 Å². The fourth-order valence-electron chi connectivity index (χ4n) is 1.76. The molecule has 0 unspecified atom stereocenters. The Hall–Kier alpha value is -1.56. The molecule has 1 heterocycles. The van der Waals surface area contributed by atoms with E-state index in [1.807, 2.05) is 25.1 Å². The van der Waals surface area contributed by atoms with Gasteiger partial charge in [0.05, 0.1) is 6.54 Å². The molecule has 1 fully saturated rings. The summed E-state index contributed by atoms with van der Waals surface area (Å²) in [4.78, 5) is 24.5. The topological polar surface area (TPSA) is 58.6 Å². The monoisotopic (exact) mass is 326 g/mol. The third-order valence-corrected chi connectivity index (χ3v) is 3.76. The number of nitrogens with one attached hydrogen (secondary N) is 1. The zero-order valence-corrected chi connectivity index (χ0v) is 12.2. The van der Waals surface area contributed by atoms with E-state index in [1.54, 1.807) is 0 Å². The molecule has 19 heavy (non-hydrogen) atoms. The first-order valence-electron chi connectivity index (χ1n) is 6.04. The summed E-state index contributed by atoms with van der Waals surface area (Å²) < 4.78 is 5.75. The molecule has 5 nitrogen and oxygen atoms in total. The second-order valence-electron chi connectivity index (χ2n) is 4.36. The lowest BCUT2D eigenvalue weighted by atomic mass is 10.2. The van der Waals surface area contributed by atoms with Crippen molar-refractivity contribution >= 4 is 33.6 Å². The lowest BCUT2D eigenvalue weighted by Gasteiger charge is -2.12. The smallest absolute Gasteiger partial charge is 0.409 e. The Balaban J connectivity index is 1.83. The number of halogens is 1. The largest absolute Gasteiger partial charge is 0.448 e. The zero-order chi connectivity index (χ0) is 13.8. The van der Waals surface area contributed by atoms with Gasteiger partial charge in [0.25, 0.3) is 0 Å². The van der Waals surface area contributed by atoms with E-state index in [2.05, 4.69) is 21.2 Å². The van der Waals surface area contributed by atoms with E-state index < -0.39 is 0 Å². The number of cyclic esters (lactones) is 1. The molecule has 1 saturated heterocycles. The number of hydrogen-bond donors (Lipinski definition) is 1. The highest BCUT2D eigenvalue weighted by Crippen LogP contribution is 2.20. The summed E-state index contributed by atoms with van der Waals surface area (Å²) in [6.07, 6.45) is -0.0773. The van der Waals surface area contributed by atoms with Crippen LogP contribution in [0.15, 0.2) is 22.7 Å². The fourth-order valence-corrected chi connectivity index (χ4v) is 2.14. The third-order valence-electron chi connectivity index (χ3n) is 2.91. The number of carbonyl (C=O) groups is 2. The number of rotatable bonds is 4. The van der Waals surface area contributed by atoms with Crippen LogP contribution >= 0.6 is 15.9 Å². The summed E-state index contributed by atoms with van der Waals surface area (Å²) >= 11 is 3.42. The van der Waals surface area contributed by atoms with Gasteiger partial charge >= 0.3 is 6.09 Å². The molecule has 6 heteroatoms. The standard InChI is InChI=1S/C13H15BrN2O3/c1-9-2-3-10(8-11(9)14)15-12(17)4-5-16-6-7-19-13(16)18/h2-3,8H,4-7H2,1H3,(H,15,17). The molecule has 1 aliphatic rings. The molecule has 0 saturated carbocycles. The molecule has 0 bridgehead atoms. The van der Waals surface area contributed by atoms with Crippen molar-refractivity contribution < 1.29 is 14.3 Å². The average Bonchev–Trinajstić information content (AvgIpc) is 2.77. The summed E-state index contributed by atoms with van der Waals surface area (Å²) in [6, 6.07) is 5.64. The van der Waals surface area contributed by atoms with Crippen molar-refractivity contribution in [3.05, 3.63) is 28.2 Å². The van der Waals surface area contributed by atoms with E-state index in [1.165, 1.54) is 4.90 Å². The number of carbonyl (C=O) groups excluding carboxylic acids is 2. The van der Waals surface area contributed by atoms with Gasteiger partial charge in [-0.05, 0) is 24.6 Å². The Bertz CT molecular complexity index is 505. The number of hydrogen-bond acceptors (Lipinski definition) is 3. The number of amides is 2. The number of aryl methyl sites for hydroxylation is 1. The van der Waals surface area contributed by atoms with Gasteiger partial charge in [-0.2, -0.15) is 0 Å². The van der Waals surface area contributed by atoms with Crippen LogP contribution in [0.4, 0.5) is 10.5 Å². The van der Waals surface area contributed by atoms with Gasteiger partial charge in [0.1, 0.15) is 6.61 Å². The summed E-state index contributed by atoms with van der Waals surface area (Å²) in [7, 11) is 0. The van der Waals surface area contributed by atoms with Crippen molar-refractivity contribution in [2.75, 3.05) is 25.0 Å². The molecule has 0 spiro atoms. The van der Waals surface area contributed by atoms with Gasteiger partial charge in [0.2, 0.25) is 5.91 Å². The van der Waals surface area contributed by atoms with Crippen LogP contribution in [0.5, 0.6) is 0 Å². The van der Waals surface area contributed by atoms with Crippen LogP contribution in [-0.4, -0.2) is 36.6 Å². The number of benzene rings is 1. The van der Waals surface area contributed by atoms with Crippen LogP contribution in [-0.2, 0) is 9.53 Å². The zero-order valence-electron chi connectivity index (χ0n) is 10.6. The SMILES string of the molecule is Cc1ccc(NC(=O)CCN2CCOC2=O)cc1Br. The maximum Gasteiger partial charge on any atom is 0.409 e. The van der Waals surface area contributed by atoms with Gasteiger partial charge in [0.15, 0.2) is 0 Å². The molecule has 2 rings (SSSR count). The Morgan fingerprint density at radius 2 is 2.32 bits per heavy atom. The van der Waals surface area contributed by atoms with Crippen molar-refractivity contribution in [1.82, 2.24) is 4.90 Å². The van der Waals surface area contributed by atoms with Crippen LogP contribution < -0.4 is 5.32 Å². The van der Waals surface area contributed by atoms with E-state index in [9.17, 15) is 9.59 Å². The second kappa shape index (κ2) is 6.06. The van der Waals surface area contributed by atoms with Gasteiger partial charge in [-0.15, -0.1) is 0 Å². The molecule has 1 aliphatic heterocycles. The molecule has 0 atom stereocenters. The molecular formula is C13H15BrN2O3. The van der Waals surface area contributed by atoms with Crippen LogP contribution in [0.1, 0.15) is 12.0 Å². The predicted molar refractivity (Wildman–Crippen MR) is 75.0 cm³/mol. The molecule has 0 aliphatic carbocycles. The first-order valence-corrected chi connectivity index (χ1v) is 6.83. The van der Waals surface area contributed by atoms with E-state index in [0.717, 1.165) is 15.7 Å². The molecule has 1 N–H and O–H groups in total. The maximum atomic E-state index is 11.8. The minimum absolute atomic E-state index is 0.115. The van der Waals surface area contributed by atoms with Crippen LogP contribution in [0.2, 0.25) is 0 Å². The molecule has 2 amide bonds.